The van der Waals surface area contributed by atoms with Crippen LogP contribution in [0.2, 0.25) is 0 Å². The lowest BCUT2D eigenvalue weighted by Gasteiger charge is -2.29. The van der Waals surface area contributed by atoms with Gasteiger partial charge in [0.25, 0.3) is 34.8 Å². The monoisotopic (exact) mass is 2080 g/mol. The highest BCUT2D eigenvalue weighted by atomic mass is 79.9. The highest BCUT2D eigenvalue weighted by Gasteiger charge is 2.44. The third-order valence-corrected chi connectivity index (χ3v) is 20.9. The molecule has 6 aromatic rings. The van der Waals surface area contributed by atoms with Crippen molar-refractivity contribution in [1.82, 2.24) is 36.0 Å². The number of amides is 14. The first-order valence-corrected chi connectivity index (χ1v) is 42.8. The molecule has 7 atom stereocenters. The van der Waals surface area contributed by atoms with Crippen molar-refractivity contribution in [3.63, 3.8) is 0 Å². The minimum atomic E-state index is -1.25. The summed E-state index contributed by atoms with van der Waals surface area (Å²) in [4.78, 5) is 260. The molecule has 5 aliphatic rings. The number of carboxylic acids is 2. The molecule has 2 saturated heterocycles. The molecule has 0 bridgehead atoms. The number of primary amides is 5. The van der Waals surface area contributed by atoms with E-state index >= 15 is 0 Å². The van der Waals surface area contributed by atoms with Gasteiger partial charge in [-0.05, 0) is 86.4 Å². The van der Waals surface area contributed by atoms with E-state index in [1.807, 2.05) is 24.3 Å². The average molecular weight is 2080 g/mol. The molecule has 53 heteroatoms. The highest BCUT2D eigenvalue weighted by Crippen LogP contribution is 2.36. The number of nitrogens with one attached hydrogen (secondary N) is 4. The zero-order valence-corrected chi connectivity index (χ0v) is 77.1. The number of nitrogens with zero attached hydrogens (tertiary/aromatic N) is 6. The molecular weight excluding hydrogens is 1960 g/mol. The first-order chi connectivity index (χ1) is 66.2. The Labute approximate surface area is 825 Å². The summed E-state index contributed by atoms with van der Waals surface area (Å²) in [7, 11) is 4.83. The van der Waals surface area contributed by atoms with Gasteiger partial charge in [-0.3, -0.25) is 108 Å². The van der Waals surface area contributed by atoms with Crippen LogP contribution in [0.15, 0.2) is 133 Å². The second kappa shape index (κ2) is 62.1. The van der Waals surface area contributed by atoms with Gasteiger partial charge in [0.15, 0.2) is 0 Å². The molecule has 0 saturated carbocycles. The van der Waals surface area contributed by atoms with Gasteiger partial charge in [-0.15, -0.1) is 0 Å². The van der Waals surface area contributed by atoms with E-state index in [1.54, 1.807) is 54.6 Å². The van der Waals surface area contributed by atoms with Crippen molar-refractivity contribution in [1.29, 1.82) is 0 Å². The molecule has 11 rings (SSSR count). The van der Waals surface area contributed by atoms with Crippen LogP contribution in [0.1, 0.15) is 187 Å². The Morgan fingerprint density at radius 3 is 1.21 bits per heavy atom. The third-order valence-electron chi connectivity index (χ3n) is 20.3. The van der Waals surface area contributed by atoms with Crippen molar-refractivity contribution in [3.8, 4) is 0 Å². The number of fused-ring (bicyclic) bond motifs is 3. The molecule has 0 aliphatic carbocycles. The van der Waals surface area contributed by atoms with Gasteiger partial charge in [0, 0.05) is 91.8 Å². The van der Waals surface area contributed by atoms with Crippen LogP contribution in [-0.4, -0.2) is 229 Å². The number of anilines is 1. The predicted molar refractivity (Wildman–Crippen MR) is 507 cm³/mol. The van der Waals surface area contributed by atoms with Crippen LogP contribution in [0.3, 0.4) is 0 Å². The standard InChI is InChI=1S/C14H15N3O6.C14H18N2O5.C13H11N3O5.C13H13N3O3.C13H16N2O5.C9H8BrNO4.C6H12N2O3.C5H10N2O3.3CH4/c1-23-14(20)11(5-6-12(15)18)16-7-9-8(13(16)19)3-2-4-10(9)17(21)22;1-20-13(18)11(7-8-12(15)17)16-14(19)21-9-10-5-3-2-4-6-10;17-11-5-4-10(12(18)14-11)15-6-8-7(13(15)19)2-1-3-9(8)16(20)21;14-9-3-1-2-7-8(9)6-16(13(7)19)10-4-5-11(17)15-12(10)18;14-11(16)7-6-10(12(17)18)15-13(19)20-8-9-4-2-1-3-5-9;1-15-9(12)6-3-2-4-8(11(13)14)7(6)5-10;1-11-6(10)4(7)2-3-5(8)9;6-3(5(9)10)1-2-4(7)8;;;/h2-4,11H,5-7H2,1H3,(H2,15,18);2-6,11H,7-9H2,1H3,(H2,15,17)(H,16,19);1-3,10H,4-6H2,(H,14,17,18);1-3,10H,4-6,14H2,(H,15,17,18);1-5,10H,6-8H2,(H2,14,16)(H,15,19)(H,17,18);2-4H,5H2,1H3;4H,2-3,7H2,1H3,(H2,8,9);3H,1-2,6H2,(H2,7,8)(H,9,10);3*1H4/i2*15+1;14+1;15+1;14+1;;8+1;7+1;;;. The van der Waals surface area contributed by atoms with Crippen molar-refractivity contribution in [3.05, 3.63) is 219 Å². The molecule has 0 spiro atoms. The molecule has 6 aromatic carbocycles. The number of hydrogen-bond acceptors (Lipinski definition) is 35. The van der Waals surface area contributed by atoms with Crippen LogP contribution in [0.25, 0.3) is 0 Å². The number of carbonyl (C=O) groups excluding carboxylic acids is 18. The number of rotatable bonds is 34. The molecule has 52 nitrogen and oxygen atoms in total. The number of alkyl carbamates (subject to hydrolysis) is 2. The fourth-order valence-electron chi connectivity index (χ4n) is 13.1. The number of imide groups is 2. The number of ether oxygens (including phenoxy) is 6. The Morgan fingerprint density at radius 1 is 0.448 bits per heavy atom. The van der Waals surface area contributed by atoms with Crippen molar-refractivity contribution in [2.45, 2.75) is 193 Å². The summed E-state index contributed by atoms with van der Waals surface area (Å²) in [6, 6.07) is 29.7. The Hall–Kier alpha value is -16.9. The van der Waals surface area contributed by atoms with E-state index in [-0.39, 0.29) is 194 Å². The lowest BCUT2D eigenvalue weighted by Crippen LogP contribution is -2.52. The highest BCUT2D eigenvalue weighted by molar-refractivity contribution is 9.08. The van der Waals surface area contributed by atoms with Crippen molar-refractivity contribution in [2.24, 2.45) is 40.1 Å². The molecular formula is C90H115BrN18O34. The lowest BCUT2D eigenvalue weighted by molar-refractivity contribution is -0.385. The fraction of sp³-hybridized carbons (Fsp3) is 0.378. The van der Waals surface area contributed by atoms with Gasteiger partial charge in [0.1, 0.15) is 55.5 Å². The predicted octanol–water partition coefficient (Wildman–Crippen LogP) is 3.70. The number of alkyl halides is 1. The minimum Gasteiger partial charge on any atom is -0.480 e. The van der Waals surface area contributed by atoms with Gasteiger partial charge in [-0.2, -0.15) is 0 Å². The van der Waals surface area contributed by atoms with Gasteiger partial charge in [0.2, 0.25) is 53.2 Å². The molecule has 0 aromatic heterocycles. The van der Waals surface area contributed by atoms with E-state index in [9.17, 15) is 126 Å². The van der Waals surface area contributed by atoms with Gasteiger partial charge in [-0.1, -0.05) is 123 Å². The number of carbonyl (C=O) groups is 20. The molecule has 0 radical (unpaired) electrons. The maximum atomic E-state index is 12.5. The van der Waals surface area contributed by atoms with E-state index in [1.165, 1.54) is 90.6 Å². The number of hydrogen-bond donors (Lipinski definition) is 14. The summed E-state index contributed by atoms with van der Waals surface area (Å²) >= 11 is 3.11. The Morgan fingerprint density at radius 2 is 0.818 bits per heavy atom. The van der Waals surface area contributed by atoms with Gasteiger partial charge < -0.3 is 110 Å². The Kier molecular flexibility index (Phi) is 53.9. The van der Waals surface area contributed by atoms with Crippen LogP contribution in [-0.2, 0) is 134 Å². The lowest BCUT2D eigenvalue weighted by atomic mass is 10.1. The van der Waals surface area contributed by atoms with Crippen LogP contribution >= 0.6 is 15.9 Å². The molecule has 14 amide bonds. The molecule has 22 N–H and O–H groups in total. The molecule has 5 heterocycles. The largest absolute Gasteiger partial charge is 0.480 e. The molecule has 5 aliphatic heterocycles. The molecule has 2 fully saturated rings. The van der Waals surface area contributed by atoms with Gasteiger partial charge in [-0.25, -0.2) is 28.8 Å². The number of esters is 4. The maximum absolute atomic E-state index is 12.5. The number of benzene rings is 6. The first kappa shape index (κ1) is 124. The van der Waals surface area contributed by atoms with E-state index in [0.717, 1.165) is 23.8 Å². The normalized spacial score (nSPS) is 14.5. The topological polar surface area (TPSA) is 833 Å². The number of piperidine rings is 2. The van der Waals surface area contributed by atoms with E-state index in [2.05, 4.69) is 56.1 Å². The Bertz CT molecular complexity index is 5580. The number of nitro benzene ring substituents is 3. The number of carboxylic acid groups (broad SMARTS) is 2. The van der Waals surface area contributed by atoms with E-state index < -0.39 is 158 Å². The second-order valence-electron chi connectivity index (χ2n) is 29.9. The van der Waals surface area contributed by atoms with Crippen LogP contribution in [0, 0.1) is 30.3 Å². The summed E-state index contributed by atoms with van der Waals surface area (Å²) in [5, 5.41) is 59.1. The molecule has 7 unspecified atom stereocenters. The average Bonchev–Trinajstić information content (AvgIpc) is 1.63. The number of halogens is 1. The van der Waals surface area contributed by atoms with Crippen LogP contribution in [0.4, 0.5) is 32.3 Å². The SMILES string of the molecule is C.C.C.COC(=O)C(CCC([15NH2])=O)N1Cc2c(cccc2[N+](=O)[O-])C1=O.COC(=O)C(CCC([15NH2])=O)NC(=O)OCc1ccccc1.COC(=O)C(N)CCC([15NH2])=O.COC(=O)c1cccc([N+](=O)[O-])c1CBr.NC(CCC([15NH2])=O)C(=O)O.Nc1cccc2c1CN(C1CCC(=O)[15NH]C1=O)C2=O.O=C1CCC(N2Cc3c(cccc3[N+](=O)[O-])C2=O)C(=O)[15NH]1.[15NH2]C(=O)CCC(NC(=O)OCc1ccccc1)C(=O)O. The van der Waals surface area contributed by atoms with Crippen molar-refractivity contribution >= 4 is 158 Å². The van der Waals surface area contributed by atoms with E-state index in [0.29, 0.717) is 35.3 Å². The number of nitro groups is 3. The first-order valence-electron chi connectivity index (χ1n) is 41.6. The Balaban J connectivity index is 0.000000825. The smallest absolute Gasteiger partial charge is 0.408 e. The number of methoxy groups -OCH3 is 4. The maximum Gasteiger partial charge on any atom is 0.408 e. The minimum absolute atomic E-state index is 0. The molecule has 143 heavy (non-hydrogen) atoms. The third kappa shape index (κ3) is 39.9. The number of aliphatic carboxylic acids is 2. The summed E-state index contributed by atoms with van der Waals surface area (Å²) in [5.41, 5.74) is 45.4. The quantitative estimate of drug-likeness (QED) is 0.00400. The number of nitrogen functional groups attached to an aromatic ring is 1. The zero-order valence-electron chi connectivity index (χ0n) is 75.5. The van der Waals surface area contributed by atoms with Crippen molar-refractivity contribution < 1.29 is 149 Å². The van der Waals surface area contributed by atoms with Gasteiger partial charge in [0.05, 0.1) is 89.7 Å². The second-order valence-corrected chi connectivity index (χ2v) is 30.5. The van der Waals surface area contributed by atoms with Gasteiger partial charge >= 0.3 is 48.0 Å². The van der Waals surface area contributed by atoms with Crippen molar-refractivity contribution in [2.75, 3.05) is 34.2 Å². The van der Waals surface area contributed by atoms with Crippen LogP contribution < -0.4 is 67.1 Å². The summed E-state index contributed by atoms with van der Waals surface area (Å²) in [6.07, 6.45) is -0.451. The zero-order chi connectivity index (χ0) is 105. The number of nitrogens with two attached hydrogens (primary N) is 8. The fourth-order valence-corrected chi connectivity index (χ4v) is 13.7. The summed E-state index contributed by atoms with van der Waals surface area (Å²) in [5.74, 6) is -10.3. The van der Waals surface area contributed by atoms with Crippen LogP contribution in [0.5, 0.6) is 0 Å². The summed E-state index contributed by atoms with van der Waals surface area (Å²) < 4.78 is 27.9. The summed E-state index contributed by atoms with van der Waals surface area (Å²) in [6.45, 7) is 0.361. The van der Waals surface area contributed by atoms with E-state index in [4.69, 9.17) is 65.6 Å². The molecule has 776 valence electrons.